The van der Waals surface area contributed by atoms with Crippen molar-refractivity contribution in [2.45, 2.75) is 58.3 Å². The summed E-state index contributed by atoms with van der Waals surface area (Å²) in [5.74, 6) is 0.979. The number of carbonyl (C=O) groups excluding carboxylic acids is 1. The fourth-order valence-electron chi connectivity index (χ4n) is 3.65. The number of aromatic nitrogens is 4. The number of anilines is 1. The Balaban J connectivity index is 1.78. The SMILES string of the molecule is CC(C)C(C)(C)[Si](C)(C)OC[C@@H]1C[C@H](n2cnc3c(N)ncnc32)C=C1C=O. The van der Waals surface area contributed by atoms with Crippen molar-refractivity contribution in [3.8, 4) is 0 Å². The number of nitrogen functional groups attached to an aromatic ring is 1. The lowest BCUT2D eigenvalue weighted by Crippen LogP contribution is -2.46. The summed E-state index contributed by atoms with van der Waals surface area (Å²) >= 11 is 0. The fourth-order valence-corrected chi connectivity index (χ4v) is 6.03. The molecule has 2 aromatic heterocycles. The van der Waals surface area contributed by atoms with Gasteiger partial charge in [-0.05, 0) is 36.0 Å². The zero-order valence-corrected chi connectivity index (χ0v) is 18.6. The molecule has 0 fully saturated rings. The number of rotatable bonds is 7. The highest BCUT2D eigenvalue weighted by Crippen LogP contribution is 2.45. The van der Waals surface area contributed by atoms with Gasteiger partial charge in [0.2, 0.25) is 0 Å². The Labute approximate surface area is 167 Å². The molecule has 2 aromatic rings. The third-order valence-electron chi connectivity index (χ3n) is 6.90. The van der Waals surface area contributed by atoms with Gasteiger partial charge in [0.25, 0.3) is 0 Å². The molecule has 0 unspecified atom stereocenters. The first-order valence-electron chi connectivity index (χ1n) is 9.82. The van der Waals surface area contributed by atoms with Crippen LogP contribution in [0.4, 0.5) is 5.82 Å². The molecule has 28 heavy (non-hydrogen) atoms. The minimum absolute atomic E-state index is 0.0102. The third kappa shape index (κ3) is 3.51. The van der Waals surface area contributed by atoms with Crippen molar-refractivity contribution in [2.75, 3.05) is 12.3 Å². The van der Waals surface area contributed by atoms with E-state index in [4.69, 9.17) is 10.2 Å². The van der Waals surface area contributed by atoms with Crippen molar-refractivity contribution in [1.82, 2.24) is 19.5 Å². The van der Waals surface area contributed by atoms with Crippen molar-refractivity contribution in [2.24, 2.45) is 11.8 Å². The molecule has 0 saturated carbocycles. The van der Waals surface area contributed by atoms with Crippen LogP contribution in [-0.4, -0.2) is 40.7 Å². The average Bonchev–Trinajstić information content (AvgIpc) is 3.24. The molecule has 2 N–H and O–H groups in total. The summed E-state index contributed by atoms with van der Waals surface area (Å²) in [6.45, 7) is 14.2. The van der Waals surface area contributed by atoms with Gasteiger partial charge in [-0.1, -0.05) is 33.8 Å². The summed E-state index contributed by atoms with van der Waals surface area (Å²) in [7, 11) is -1.94. The van der Waals surface area contributed by atoms with Crippen LogP contribution in [0.5, 0.6) is 0 Å². The molecule has 7 nitrogen and oxygen atoms in total. The summed E-state index contributed by atoms with van der Waals surface area (Å²) in [4.78, 5) is 24.4. The maximum atomic E-state index is 11.7. The Bertz CT molecular complexity index is 903. The molecule has 2 atom stereocenters. The Morgan fingerprint density at radius 3 is 2.71 bits per heavy atom. The second-order valence-electron chi connectivity index (χ2n) is 9.07. The van der Waals surface area contributed by atoms with E-state index in [2.05, 4.69) is 55.7 Å². The van der Waals surface area contributed by atoms with Crippen LogP contribution in [0.2, 0.25) is 18.1 Å². The molecule has 0 spiro atoms. The molecule has 3 rings (SSSR count). The molecular weight excluding hydrogens is 370 g/mol. The number of nitrogens with zero attached hydrogens (tertiary/aromatic N) is 4. The summed E-state index contributed by atoms with van der Waals surface area (Å²) in [5, 5.41) is 0.144. The largest absolute Gasteiger partial charge is 0.416 e. The summed E-state index contributed by atoms with van der Waals surface area (Å²) in [6.07, 6.45) is 6.91. The molecule has 2 heterocycles. The van der Waals surface area contributed by atoms with E-state index in [9.17, 15) is 4.79 Å². The smallest absolute Gasteiger partial charge is 0.192 e. The molecule has 152 valence electrons. The quantitative estimate of drug-likeness (QED) is 0.561. The van der Waals surface area contributed by atoms with Crippen LogP contribution >= 0.6 is 0 Å². The zero-order chi connectivity index (χ0) is 20.7. The van der Waals surface area contributed by atoms with E-state index in [-0.39, 0.29) is 17.0 Å². The Hall–Kier alpha value is -2.06. The van der Waals surface area contributed by atoms with Crippen molar-refractivity contribution >= 4 is 31.6 Å². The first-order valence-corrected chi connectivity index (χ1v) is 12.7. The van der Waals surface area contributed by atoms with Crippen LogP contribution in [0.3, 0.4) is 0 Å². The first-order chi connectivity index (χ1) is 13.1. The lowest BCUT2D eigenvalue weighted by atomic mass is 9.99. The summed E-state index contributed by atoms with van der Waals surface area (Å²) in [5.41, 5.74) is 7.97. The highest BCUT2D eigenvalue weighted by Gasteiger charge is 2.44. The lowest BCUT2D eigenvalue weighted by molar-refractivity contribution is -0.105. The molecule has 0 aliphatic heterocycles. The van der Waals surface area contributed by atoms with Gasteiger partial charge in [0.05, 0.1) is 12.4 Å². The van der Waals surface area contributed by atoms with Crippen molar-refractivity contribution < 1.29 is 9.22 Å². The van der Waals surface area contributed by atoms with Gasteiger partial charge in [0, 0.05) is 12.5 Å². The fraction of sp³-hybridized carbons (Fsp3) is 0.600. The summed E-state index contributed by atoms with van der Waals surface area (Å²) in [6, 6.07) is 0.0102. The van der Waals surface area contributed by atoms with Gasteiger partial charge in [0.1, 0.15) is 18.1 Å². The molecular formula is C20H31N5O2Si. The minimum atomic E-state index is -1.94. The number of carbonyl (C=O) groups is 1. The molecule has 0 radical (unpaired) electrons. The monoisotopic (exact) mass is 401 g/mol. The van der Waals surface area contributed by atoms with Gasteiger partial charge in [-0.15, -0.1) is 0 Å². The number of fused-ring (bicyclic) bond motifs is 1. The van der Waals surface area contributed by atoms with E-state index in [0.717, 1.165) is 18.3 Å². The number of aldehydes is 1. The van der Waals surface area contributed by atoms with Crippen molar-refractivity contribution in [3.05, 3.63) is 24.3 Å². The van der Waals surface area contributed by atoms with E-state index < -0.39 is 8.32 Å². The maximum Gasteiger partial charge on any atom is 0.192 e. The van der Waals surface area contributed by atoms with E-state index in [1.165, 1.54) is 6.33 Å². The second kappa shape index (κ2) is 7.40. The predicted octanol–water partition coefficient (Wildman–Crippen LogP) is 3.75. The van der Waals surface area contributed by atoms with E-state index >= 15 is 0 Å². The lowest BCUT2D eigenvalue weighted by Gasteiger charge is -2.43. The van der Waals surface area contributed by atoms with Crippen LogP contribution in [0.15, 0.2) is 24.3 Å². The number of hydrogen-bond acceptors (Lipinski definition) is 6. The number of hydrogen-bond donors (Lipinski definition) is 1. The van der Waals surface area contributed by atoms with Gasteiger partial charge >= 0.3 is 0 Å². The summed E-state index contributed by atoms with van der Waals surface area (Å²) < 4.78 is 8.48. The maximum absolute atomic E-state index is 11.7. The third-order valence-corrected chi connectivity index (χ3v) is 11.5. The number of nitrogens with two attached hydrogens (primary N) is 1. The van der Waals surface area contributed by atoms with E-state index in [0.29, 0.717) is 29.5 Å². The van der Waals surface area contributed by atoms with Crippen LogP contribution in [-0.2, 0) is 9.22 Å². The highest BCUT2D eigenvalue weighted by atomic mass is 28.4. The molecule has 8 heteroatoms. The van der Waals surface area contributed by atoms with Crippen molar-refractivity contribution in [1.29, 1.82) is 0 Å². The van der Waals surface area contributed by atoms with Crippen LogP contribution < -0.4 is 5.73 Å². The Morgan fingerprint density at radius 2 is 2.07 bits per heavy atom. The molecule has 0 aromatic carbocycles. The predicted molar refractivity (Wildman–Crippen MR) is 113 cm³/mol. The molecule has 1 aliphatic carbocycles. The Kier molecular flexibility index (Phi) is 5.46. The number of allylic oxidation sites excluding steroid dienone is 1. The van der Waals surface area contributed by atoms with Crippen LogP contribution in [0, 0.1) is 11.8 Å². The van der Waals surface area contributed by atoms with Crippen LogP contribution in [0.1, 0.15) is 40.2 Å². The second-order valence-corrected chi connectivity index (χ2v) is 13.7. The molecule has 0 saturated heterocycles. The number of imidazole rings is 1. The molecule has 1 aliphatic rings. The average molecular weight is 402 g/mol. The molecule has 0 amide bonds. The Morgan fingerprint density at radius 1 is 1.36 bits per heavy atom. The van der Waals surface area contributed by atoms with Gasteiger partial charge in [-0.3, -0.25) is 4.79 Å². The van der Waals surface area contributed by atoms with E-state index in [1.807, 2.05) is 10.6 Å². The van der Waals surface area contributed by atoms with Crippen molar-refractivity contribution in [3.63, 3.8) is 0 Å². The van der Waals surface area contributed by atoms with E-state index in [1.54, 1.807) is 6.33 Å². The van der Waals surface area contributed by atoms with Gasteiger partial charge in [0.15, 0.2) is 19.8 Å². The highest BCUT2D eigenvalue weighted by molar-refractivity contribution is 6.74. The van der Waals surface area contributed by atoms with Gasteiger partial charge in [-0.25, -0.2) is 15.0 Å². The topological polar surface area (TPSA) is 95.9 Å². The zero-order valence-electron chi connectivity index (χ0n) is 17.6. The normalized spacial score (nSPS) is 20.8. The molecule has 0 bridgehead atoms. The van der Waals surface area contributed by atoms with Gasteiger partial charge < -0.3 is 14.7 Å². The minimum Gasteiger partial charge on any atom is -0.416 e. The first kappa shape index (κ1) is 20.7. The standard InChI is InChI=1S/C20H31N5O2Si/c1-13(2)20(3,4)28(5,6)27-10-15-8-16(7-14(15)9-26)25-12-24-17-18(21)22-11-23-19(17)25/h7,9,11-13,15-16H,8,10H2,1-6H3,(H2,21,22,23)/t15-,16+/m0/s1. The van der Waals surface area contributed by atoms with Crippen LogP contribution in [0.25, 0.3) is 11.2 Å². The van der Waals surface area contributed by atoms with Gasteiger partial charge in [-0.2, -0.15) is 0 Å².